The van der Waals surface area contributed by atoms with Gasteiger partial charge in [0.1, 0.15) is 11.6 Å². The molecule has 0 aliphatic heterocycles. The number of Topliss-reactive ketones (excluding diaryl/α,β-unsaturated/α-hetero) is 2. The van der Waals surface area contributed by atoms with Crippen LogP contribution in [0.3, 0.4) is 0 Å². The molecule has 0 spiro atoms. The minimum atomic E-state index is -0.0625. The van der Waals surface area contributed by atoms with Gasteiger partial charge in [-0.15, -0.1) is 0 Å². The van der Waals surface area contributed by atoms with E-state index in [1.807, 2.05) is 0 Å². The average Bonchev–Trinajstić information content (AvgIpc) is 1.68. The molecule has 4 heteroatoms. The Hall–Kier alpha value is 0.244. The van der Waals surface area contributed by atoms with Gasteiger partial charge in [-0.1, -0.05) is 0 Å². The van der Waals surface area contributed by atoms with Crippen LogP contribution in [0.2, 0.25) is 0 Å². The zero-order chi connectivity index (χ0) is 7.86. The van der Waals surface area contributed by atoms with Gasteiger partial charge in [0.2, 0.25) is 0 Å². The molecule has 0 aromatic carbocycles. The van der Waals surface area contributed by atoms with Gasteiger partial charge in [-0.05, 0) is 13.8 Å². The van der Waals surface area contributed by atoms with Crippen molar-refractivity contribution in [1.29, 1.82) is 0 Å². The van der Waals surface area contributed by atoms with E-state index in [1.54, 1.807) is 0 Å². The zero-order valence-corrected chi connectivity index (χ0v) is 8.35. The van der Waals surface area contributed by atoms with Crippen LogP contribution in [0, 0.1) is 0 Å². The summed E-state index contributed by atoms with van der Waals surface area (Å²) in [6.45, 7) is 2.81. The normalized spacial score (nSPS) is 7.11. The van der Waals surface area contributed by atoms with Crippen LogP contribution >= 0.6 is 0 Å². The van der Waals surface area contributed by atoms with Crippen LogP contribution in [-0.4, -0.2) is 11.6 Å². The monoisotopic (exact) mass is 205 g/mol. The molecule has 0 saturated heterocycles. The first-order chi connectivity index (χ1) is 4.13. The van der Waals surface area contributed by atoms with Crippen molar-refractivity contribution in [1.82, 2.24) is 0 Å². The van der Waals surface area contributed by atoms with Crippen molar-refractivity contribution in [2.45, 2.75) is 20.3 Å². The molecular formula is C5H8O3Y. The molecule has 0 unspecified atom stereocenters. The van der Waals surface area contributed by atoms with Crippen molar-refractivity contribution >= 4 is 11.6 Å². The molecule has 0 amide bonds. The molecule has 0 heterocycles. The third kappa shape index (κ3) is 17.8. The van der Waals surface area contributed by atoms with Gasteiger partial charge in [0.15, 0.2) is 0 Å². The summed E-state index contributed by atoms with van der Waals surface area (Å²) in [6, 6.07) is 0. The quantitative estimate of drug-likeness (QED) is 0.614. The van der Waals surface area contributed by atoms with Crippen LogP contribution in [0.15, 0.2) is 0 Å². The fraction of sp³-hybridized carbons (Fsp3) is 0.600. The van der Waals surface area contributed by atoms with E-state index >= 15 is 0 Å². The summed E-state index contributed by atoms with van der Waals surface area (Å²) in [7, 11) is 0. The molecule has 49 valence electrons. The predicted octanol–water partition coefficient (Wildman–Crippen LogP) is 0.433. The first-order valence-corrected chi connectivity index (χ1v) is 3.51. The van der Waals surface area contributed by atoms with E-state index in [2.05, 4.69) is 0 Å². The van der Waals surface area contributed by atoms with Crippen LogP contribution in [0.4, 0.5) is 0 Å². The molecule has 0 aliphatic carbocycles. The van der Waals surface area contributed by atoms with Crippen LogP contribution < -0.4 is 0 Å². The predicted molar refractivity (Wildman–Crippen MR) is 26.7 cm³/mol. The Labute approximate surface area is 74.3 Å². The second-order valence-electron chi connectivity index (χ2n) is 1.58. The third-order valence-electron chi connectivity index (χ3n) is 0.498. The van der Waals surface area contributed by atoms with E-state index < -0.39 is 0 Å². The van der Waals surface area contributed by atoms with Gasteiger partial charge in [0.25, 0.3) is 0 Å². The SMILES string of the molecule is CC(=O)CC(C)=O.[O]=[Y]. The van der Waals surface area contributed by atoms with E-state index in [4.69, 9.17) is 2.04 Å². The molecule has 9 heavy (non-hydrogen) atoms. The van der Waals surface area contributed by atoms with Gasteiger partial charge in [0.05, 0.1) is 6.42 Å². The van der Waals surface area contributed by atoms with Crippen LogP contribution in [-0.2, 0) is 42.6 Å². The van der Waals surface area contributed by atoms with Gasteiger partial charge in [0, 0.05) is 0 Å². The maximum atomic E-state index is 10.0. The Morgan fingerprint density at radius 2 is 1.33 bits per heavy atom. The van der Waals surface area contributed by atoms with Crippen molar-refractivity contribution in [2.24, 2.45) is 0 Å². The Morgan fingerprint density at radius 1 is 1.11 bits per heavy atom. The van der Waals surface area contributed by atoms with Gasteiger partial charge >= 0.3 is 33.1 Å². The molecule has 0 atom stereocenters. The third-order valence-corrected chi connectivity index (χ3v) is 0.498. The van der Waals surface area contributed by atoms with Crippen LogP contribution in [0.1, 0.15) is 20.3 Å². The van der Waals surface area contributed by atoms with Crippen molar-refractivity contribution in [3.8, 4) is 0 Å². The Bertz CT molecular complexity index is 98.8. The Balaban J connectivity index is 0. The molecule has 3 nitrogen and oxygen atoms in total. The molecule has 0 fully saturated rings. The summed E-state index contributed by atoms with van der Waals surface area (Å²) in [4.78, 5) is 20.1. The minimum absolute atomic E-state index is 0.0625. The van der Waals surface area contributed by atoms with E-state index in [0.717, 1.165) is 0 Å². The van der Waals surface area contributed by atoms with E-state index in [-0.39, 0.29) is 49.0 Å². The topological polar surface area (TPSA) is 51.2 Å². The number of hydrogen-bond donors (Lipinski definition) is 0. The Kier molecular flexibility index (Phi) is 11.0. The van der Waals surface area contributed by atoms with Gasteiger partial charge in [-0.25, -0.2) is 0 Å². The molecule has 0 bridgehead atoms. The number of rotatable bonds is 2. The zero-order valence-electron chi connectivity index (χ0n) is 5.51. The molecule has 0 rings (SSSR count). The van der Waals surface area contributed by atoms with Gasteiger partial charge in [-0.2, -0.15) is 0 Å². The summed E-state index contributed by atoms with van der Waals surface area (Å²) < 4.78 is 8.38. The van der Waals surface area contributed by atoms with E-state index in [1.165, 1.54) is 13.8 Å². The van der Waals surface area contributed by atoms with Crippen molar-refractivity contribution < 1.29 is 42.6 Å². The standard InChI is InChI=1S/C5H8O2.O.Y/c1-4(6)3-5(2)7;;/h3H2,1-2H3;;. The summed E-state index contributed by atoms with van der Waals surface area (Å²) >= 11 is 0.100. The Morgan fingerprint density at radius 3 is 1.33 bits per heavy atom. The van der Waals surface area contributed by atoms with Gasteiger partial charge in [-0.3, -0.25) is 9.59 Å². The number of carbonyl (C=O) groups excluding carboxylic acids is 2. The maximum absolute atomic E-state index is 10.0. The molecule has 0 aromatic heterocycles. The fourth-order valence-corrected chi connectivity index (χ4v) is 0.351. The molecular weight excluding hydrogens is 197 g/mol. The van der Waals surface area contributed by atoms with Crippen molar-refractivity contribution in [3.63, 3.8) is 0 Å². The number of hydrogen-bond acceptors (Lipinski definition) is 3. The second-order valence-corrected chi connectivity index (χ2v) is 1.58. The second kappa shape index (κ2) is 8.24. The molecule has 0 N–H and O–H groups in total. The summed E-state index contributed by atoms with van der Waals surface area (Å²) in [5.74, 6) is -0.125. The first kappa shape index (κ1) is 12.0. The molecule has 0 saturated carbocycles. The summed E-state index contributed by atoms with van der Waals surface area (Å²) in [6.07, 6.45) is 0.0833. The van der Waals surface area contributed by atoms with Crippen molar-refractivity contribution in [3.05, 3.63) is 0 Å². The van der Waals surface area contributed by atoms with Crippen LogP contribution in [0.25, 0.3) is 0 Å². The fourth-order valence-electron chi connectivity index (χ4n) is 0.351. The van der Waals surface area contributed by atoms with Crippen LogP contribution in [0.5, 0.6) is 0 Å². The van der Waals surface area contributed by atoms with Gasteiger partial charge < -0.3 is 0 Å². The van der Waals surface area contributed by atoms with E-state index in [0.29, 0.717) is 0 Å². The molecule has 0 aliphatic rings. The molecule has 0 aromatic rings. The van der Waals surface area contributed by atoms with Crippen molar-refractivity contribution in [2.75, 3.05) is 0 Å². The first-order valence-electron chi connectivity index (χ1n) is 2.35. The summed E-state index contributed by atoms with van der Waals surface area (Å²) in [5.41, 5.74) is 0. The number of carbonyl (C=O) groups is 2. The van der Waals surface area contributed by atoms with E-state index in [9.17, 15) is 9.59 Å². The average molecular weight is 205 g/mol. The number of ketones is 2. The molecule has 0 radical (unpaired) electrons. The summed E-state index contributed by atoms with van der Waals surface area (Å²) in [5, 5.41) is 0.